The van der Waals surface area contributed by atoms with E-state index in [2.05, 4.69) is 15.4 Å². The molecule has 4 rings (SSSR count). The topological polar surface area (TPSA) is 106 Å². The predicted octanol–water partition coefficient (Wildman–Crippen LogP) is 1.72. The van der Waals surface area contributed by atoms with Crippen molar-refractivity contribution in [3.05, 3.63) is 48.0 Å². The lowest BCUT2D eigenvalue weighted by Crippen LogP contribution is -2.49. The number of aromatic nitrogens is 3. The number of piperidine rings is 1. The van der Waals surface area contributed by atoms with Crippen LogP contribution in [-0.4, -0.2) is 50.4 Å². The van der Waals surface area contributed by atoms with Gasteiger partial charge in [0.2, 0.25) is 11.9 Å². The van der Waals surface area contributed by atoms with Crippen molar-refractivity contribution >= 4 is 23.4 Å². The van der Waals surface area contributed by atoms with Gasteiger partial charge >= 0.3 is 0 Å². The molecule has 1 aliphatic heterocycles. The summed E-state index contributed by atoms with van der Waals surface area (Å²) in [4.78, 5) is 30.1. The summed E-state index contributed by atoms with van der Waals surface area (Å²) in [6, 6.07) is 13.1. The number of nitrogens with two attached hydrogens (primary N) is 1. The zero-order valence-corrected chi connectivity index (χ0v) is 15.6. The van der Waals surface area contributed by atoms with E-state index in [9.17, 15) is 9.59 Å². The fourth-order valence-corrected chi connectivity index (χ4v) is 3.67. The number of nitrogens with zero attached hydrogens (tertiary/aromatic N) is 4. The van der Waals surface area contributed by atoms with Gasteiger partial charge < -0.3 is 16.0 Å². The second-order valence-corrected chi connectivity index (χ2v) is 7.02. The summed E-state index contributed by atoms with van der Waals surface area (Å²) in [6.07, 6.45) is 1.78. The van der Waals surface area contributed by atoms with Crippen LogP contribution in [0.25, 0.3) is 16.9 Å². The zero-order chi connectivity index (χ0) is 19.7. The molecule has 1 unspecified atom stereocenters. The number of pyridine rings is 1. The molecule has 1 aliphatic rings. The lowest BCUT2D eigenvalue weighted by atomic mass is 10.0. The molecule has 3 N–H and O–H groups in total. The number of fused-ring (bicyclic) bond motifs is 1. The van der Waals surface area contributed by atoms with E-state index in [1.807, 2.05) is 42.5 Å². The summed E-state index contributed by atoms with van der Waals surface area (Å²) in [7, 11) is 0. The number of nitrogens with one attached hydrogen (secondary N) is 1. The van der Waals surface area contributed by atoms with Crippen molar-refractivity contribution in [2.24, 2.45) is 0 Å². The molecule has 2 aromatic heterocycles. The summed E-state index contributed by atoms with van der Waals surface area (Å²) >= 11 is 0. The Bertz CT molecular complexity index is 1030. The normalized spacial score (nSPS) is 16.9. The first-order chi connectivity index (χ1) is 13.5. The van der Waals surface area contributed by atoms with Crippen molar-refractivity contribution in [1.82, 2.24) is 24.8 Å². The van der Waals surface area contributed by atoms with Crippen molar-refractivity contribution in [1.29, 1.82) is 0 Å². The van der Waals surface area contributed by atoms with Crippen LogP contribution in [-0.2, 0) is 4.79 Å². The number of carbonyl (C=O) groups excluding carboxylic acids is 2. The monoisotopic (exact) mass is 378 g/mol. The van der Waals surface area contributed by atoms with Crippen LogP contribution >= 0.6 is 0 Å². The molecule has 0 spiro atoms. The average molecular weight is 378 g/mol. The molecule has 8 nitrogen and oxygen atoms in total. The second kappa shape index (κ2) is 7.30. The zero-order valence-electron chi connectivity index (χ0n) is 15.6. The number of carbonyl (C=O) groups is 2. The number of amides is 2. The van der Waals surface area contributed by atoms with Gasteiger partial charge in [-0.1, -0.05) is 18.2 Å². The molecule has 1 fully saturated rings. The van der Waals surface area contributed by atoms with Gasteiger partial charge in [0, 0.05) is 37.2 Å². The summed E-state index contributed by atoms with van der Waals surface area (Å²) < 4.78 is 1.69. The van der Waals surface area contributed by atoms with E-state index in [0.717, 1.165) is 24.1 Å². The van der Waals surface area contributed by atoms with Crippen molar-refractivity contribution < 1.29 is 9.59 Å². The van der Waals surface area contributed by atoms with Gasteiger partial charge in [0.05, 0.1) is 5.69 Å². The molecule has 0 radical (unpaired) electrons. The molecule has 1 saturated heterocycles. The Morgan fingerprint density at radius 1 is 1.18 bits per heavy atom. The van der Waals surface area contributed by atoms with Crippen LogP contribution in [0.5, 0.6) is 0 Å². The van der Waals surface area contributed by atoms with Crippen molar-refractivity contribution in [2.75, 3.05) is 18.8 Å². The fourth-order valence-electron chi connectivity index (χ4n) is 3.67. The number of benzene rings is 1. The fraction of sp³-hybridized carbons (Fsp3) is 0.300. The van der Waals surface area contributed by atoms with Gasteiger partial charge in [0.25, 0.3) is 5.91 Å². The lowest BCUT2D eigenvalue weighted by molar-refractivity contribution is -0.120. The van der Waals surface area contributed by atoms with Crippen LogP contribution in [0.4, 0.5) is 5.95 Å². The lowest BCUT2D eigenvalue weighted by Gasteiger charge is -2.33. The molecule has 1 aromatic carbocycles. The minimum absolute atomic E-state index is 0.0184. The number of hydrogen-bond acceptors (Lipinski definition) is 5. The molecule has 0 bridgehead atoms. The summed E-state index contributed by atoms with van der Waals surface area (Å²) in [5.41, 5.74) is 8.77. The number of rotatable bonds is 3. The van der Waals surface area contributed by atoms with Gasteiger partial charge in [-0.05, 0) is 37.1 Å². The van der Waals surface area contributed by atoms with E-state index in [1.165, 1.54) is 6.92 Å². The molecular weight excluding hydrogens is 356 g/mol. The number of anilines is 1. The van der Waals surface area contributed by atoms with Gasteiger partial charge in [-0.3, -0.25) is 9.59 Å². The SMILES string of the molecule is CC(=O)NC1CCCN(C(=O)c2ccc(-c3cccc4nc(N)nn34)cc2)C1. The summed E-state index contributed by atoms with van der Waals surface area (Å²) in [5.74, 6) is 0.134. The van der Waals surface area contributed by atoms with Gasteiger partial charge in [-0.25, -0.2) is 4.52 Å². The molecule has 3 aromatic rings. The Labute approximate surface area is 162 Å². The summed E-state index contributed by atoms with van der Waals surface area (Å²) in [5, 5.41) is 7.14. The van der Waals surface area contributed by atoms with E-state index in [1.54, 1.807) is 9.42 Å². The van der Waals surface area contributed by atoms with Gasteiger partial charge in [-0.2, -0.15) is 4.98 Å². The minimum atomic E-state index is -0.0634. The van der Waals surface area contributed by atoms with Gasteiger partial charge in [0.15, 0.2) is 5.65 Å². The maximum atomic E-state index is 12.9. The van der Waals surface area contributed by atoms with Crippen LogP contribution < -0.4 is 11.1 Å². The first-order valence-corrected chi connectivity index (χ1v) is 9.29. The Morgan fingerprint density at radius 2 is 1.96 bits per heavy atom. The van der Waals surface area contributed by atoms with E-state index >= 15 is 0 Å². The van der Waals surface area contributed by atoms with Gasteiger partial charge in [-0.15, -0.1) is 5.10 Å². The molecular formula is C20H22N6O2. The van der Waals surface area contributed by atoms with Crippen molar-refractivity contribution in [3.8, 4) is 11.3 Å². The number of hydrogen-bond donors (Lipinski definition) is 2. The van der Waals surface area contributed by atoms with E-state index < -0.39 is 0 Å². The molecule has 28 heavy (non-hydrogen) atoms. The molecule has 144 valence electrons. The Hall–Kier alpha value is -3.42. The van der Waals surface area contributed by atoms with E-state index in [-0.39, 0.29) is 23.8 Å². The van der Waals surface area contributed by atoms with Crippen LogP contribution in [0.15, 0.2) is 42.5 Å². The minimum Gasteiger partial charge on any atom is -0.366 e. The van der Waals surface area contributed by atoms with E-state index in [0.29, 0.717) is 24.3 Å². The van der Waals surface area contributed by atoms with Crippen LogP contribution in [0.1, 0.15) is 30.1 Å². The summed E-state index contributed by atoms with van der Waals surface area (Å²) in [6.45, 7) is 2.74. The molecule has 0 aliphatic carbocycles. The predicted molar refractivity (Wildman–Crippen MR) is 106 cm³/mol. The van der Waals surface area contributed by atoms with E-state index in [4.69, 9.17) is 5.73 Å². The maximum absolute atomic E-state index is 12.9. The highest BCUT2D eigenvalue weighted by Gasteiger charge is 2.25. The largest absolute Gasteiger partial charge is 0.366 e. The first-order valence-electron chi connectivity index (χ1n) is 9.29. The third kappa shape index (κ3) is 3.53. The number of likely N-dealkylation sites (tertiary alicyclic amines) is 1. The quantitative estimate of drug-likeness (QED) is 0.722. The smallest absolute Gasteiger partial charge is 0.253 e. The van der Waals surface area contributed by atoms with Gasteiger partial charge in [0.1, 0.15) is 0 Å². The van der Waals surface area contributed by atoms with Crippen LogP contribution in [0.3, 0.4) is 0 Å². The molecule has 2 amide bonds. The average Bonchev–Trinajstić information content (AvgIpc) is 3.07. The highest BCUT2D eigenvalue weighted by molar-refractivity contribution is 5.94. The third-order valence-corrected chi connectivity index (χ3v) is 4.92. The van der Waals surface area contributed by atoms with Crippen molar-refractivity contribution in [2.45, 2.75) is 25.8 Å². The Morgan fingerprint density at radius 3 is 2.71 bits per heavy atom. The molecule has 0 saturated carbocycles. The molecule has 1 atom stereocenters. The highest BCUT2D eigenvalue weighted by Crippen LogP contribution is 2.22. The highest BCUT2D eigenvalue weighted by atomic mass is 16.2. The Balaban J connectivity index is 1.54. The second-order valence-electron chi connectivity index (χ2n) is 7.02. The number of nitrogen functional groups attached to an aromatic ring is 1. The molecule has 3 heterocycles. The third-order valence-electron chi connectivity index (χ3n) is 4.92. The standard InChI is InChI=1S/C20H22N6O2/c1-13(27)22-16-4-3-11-25(12-16)19(28)15-9-7-14(8-10-15)17-5-2-6-18-23-20(21)24-26(17)18/h2,5-10,16H,3-4,11-12H2,1H3,(H2,21,24)(H,22,27). The van der Waals surface area contributed by atoms with Crippen molar-refractivity contribution in [3.63, 3.8) is 0 Å². The van der Waals surface area contributed by atoms with Crippen LogP contribution in [0, 0.1) is 0 Å². The molecule has 8 heteroatoms. The van der Waals surface area contributed by atoms with Crippen LogP contribution in [0.2, 0.25) is 0 Å². The Kier molecular flexibility index (Phi) is 4.68. The first kappa shape index (κ1) is 18.0. The maximum Gasteiger partial charge on any atom is 0.253 e.